The van der Waals surface area contributed by atoms with Crippen molar-refractivity contribution in [3.63, 3.8) is 0 Å². The van der Waals surface area contributed by atoms with E-state index in [4.69, 9.17) is 0 Å². The van der Waals surface area contributed by atoms with Crippen LogP contribution in [0.1, 0.15) is 12.8 Å². The second-order valence-corrected chi connectivity index (χ2v) is 4.51. The van der Waals surface area contributed by atoms with E-state index in [1.54, 1.807) is 0 Å². The molecule has 3 nitrogen and oxygen atoms in total. The number of nitrogens with one attached hydrogen (secondary N) is 2. The normalized spacial score (nSPS) is 35.8. The zero-order chi connectivity index (χ0) is 9.10. The molecule has 0 spiro atoms. The van der Waals surface area contributed by atoms with Gasteiger partial charge in [0.25, 0.3) is 0 Å². The van der Waals surface area contributed by atoms with Crippen molar-refractivity contribution in [3.8, 4) is 0 Å². The minimum atomic E-state index is 0.755. The fourth-order valence-corrected chi connectivity index (χ4v) is 2.32. The van der Waals surface area contributed by atoms with Crippen molar-refractivity contribution in [2.45, 2.75) is 18.9 Å². The molecule has 2 fully saturated rings. The highest BCUT2D eigenvalue weighted by Gasteiger charge is 2.21. The molecule has 2 aliphatic rings. The summed E-state index contributed by atoms with van der Waals surface area (Å²) in [5, 5.41) is 7.08. The summed E-state index contributed by atoms with van der Waals surface area (Å²) in [4.78, 5) is 2.41. The Hall–Kier alpha value is -0.120. The number of hydrogen-bond acceptors (Lipinski definition) is 3. The van der Waals surface area contributed by atoms with Gasteiger partial charge in [0.05, 0.1) is 0 Å². The Kier molecular flexibility index (Phi) is 3.19. The van der Waals surface area contributed by atoms with Crippen molar-refractivity contribution in [3.05, 3.63) is 0 Å². The molecule has 2 rings (SSSR count). The van der Waals surface area contributed by atoms with Gasteiger partial charge in [0.1, 0.15) is 0 Å². The smallest absolute Gasteiger partial charge is 0.0207 e. The van der Waals surface area contributed by atoms with E-state index in [1.165, 1.54) is 45.6 Å². The summed E-state index contributed by atoms with van der Waals surface area (Å²) in [6.45, 7) is 6.15. The molecule has 2 aliphatic heterocycles. The van der Waals surface area contributed by atoms with Crippen molar-refractivity contribution in [2.24, 2.45) is 5.92 Å². The van der Waals surface area contributed by atoms with Crippen LogP contribution < -0.4 is 10.6 Å². The standard InChI is InChI=1S/C10H21N3/c1-13-5-3-10(8-13)12-7-9-2-4-11-6-9/h9-12H,2-8H2,1H3. The van der Waals surface area contributed by atoms with E-state index in [0.29, 0.717) is 0 Å². The molecule has 3 heteroatoms. The Balaban J connectivity index is 1.62. The molecule has 0 aromatic rings. The first kappa shape index (κ1) is 9.44. The van der Waals surface area contributed by atoms with Gasteiger partial charge in [-0.1, -0.05) is 0 Å². The summed E-state index contributed by atoms with van der Waals surface area (Å²) >= 11 is 0. The van der Waals surface area contributed by atoms with Gasteiger partial charge in [0.15, 0.2) is 0 Å². The minimum Gasteiger partial charge on any atom is -0.316 e. The van der Waals surface area contributed by atoms with Crippen LogP contribution in [-0.4, -0.2) is 50.7 Å². The molecular weight excluding hydrogens is 162 g/mol. The second-order valence-electron chi connectivity index (χ2n) is 4.51. The Bertz CT molecular complexity index is 154. The van der Waals surface area contributed by atoms with Crippen LogP contribution in [0.2, 0.25) is 0 Å². The Morgan fingerprint density at radius 3 is 3.00 bits per heavy atom. The largest absolute Gasteiger partial charge is 0.316 e. The van der Waals surface area contributed by atoms with Gasteiger partial charge in [0.2, 0.25) is 0 Å². The van der Waals surface area contributed by atoms with Crippen LogP contribution in [0, 0.1) is 5.92 Å². The molecule has 0 saturated carbocycles. The van der Waals surface area contributed by atoms with Gasteiger partial charge in [-0.2, -0.15) is 0 Å². The van der Waals surface area contributed by atoms with Gasteiger partial charge >= 0.3 is 0 Å². The molecule has 13 heavy (non-hydrogen) atoms. The average molecular weight is 183 g/mol. The SMILES string of the molecule is CN1CCC(NCC2CCNC2)C1. The third-order valence-corrected chi connectivity index (χ3v) is 3.25. The highest BCUT2D eigenvalue weighted by molar-refractivity contribution is 4.81. The fraction of sp³-hybridized carbons (Fsp3) is 1.00. The molecule has 2 N–H and O–H groups in total. The lowest BCUT2D eigenvalue weighted by atomic mass is 10.1. The molecule has 76 valence electrons. The third-order valence-electron chi connectivity index (χ3n) is 3.25. The Morgan fingerprint density at radius 2 is 2.38 bits per heavy atom. The highest BCUT2D eigenvalue weighted by Crippen LogP contribution is 2.09. The maximum absolute atomic E-state index is 3.67. The van der Waals surface area contributed by atoms with Gasteiger partial charge in [0, 0.05) is 12.6 Å². The lowest BCUT2D eigenvalue weighted by molar-refractivity contribution is 0.388. The first-order valence-electron chi connectivity index (χ1n) is 5.47. The molecule has 0 aliphatic carbocycles. The van der Waals surface area contributed by atoms with E-state index >= 15 is 0 Å². The van der Waals surface area contributed by atoms with Crippen LogP contribution in [-0.2, 0) is 0 Å². The van der Waals surface area contributed by atoms with E-state index in [1.807, 2.05) is 0 Å². The molecule has 0 amide bonds. The average Bonchev–Trinajstić information content (AvgIpc) is 2.71. The molecule has 0 bridgehead atoms. The molecule has 0 aromatic carbocycles. The summed E-state index contributed by atoms with van der Waals surface area (Å²) in [5.74, 6) is 0.880. The lowest BCUT2D eigenvalue weighted by Crippen LogP contribution is -2.35. The van der Waals surface area contributed by atoms with Crippen LogP contribution in [0.25, 0.3) is 0 Å². The molecule has 2 heterocycles. The number of hydrogen-bond donors (Lipinski definition) is 2. The summed E-state index contributed by atoms with van der Waals surface area (Å²) in [6, 6.07) is 0.755. The third kappa shape index (κ3) is 2.66. The van der Waals surface area contributed by atoms with Crippen LogP contribution in [0.5, 0.6) is 0 Å². The van der Waals surface area contributed by atoms with Crippen molar-refractivity contribution in [2.75, 3.05) is 39.8 Å². The second kappa shape index (κ2) is 4.40. The van der Waals surface area contributed by atoms with Crippen LogP contribution >= 0.6 is 0 Å². The van der Waals surface area contributed by atoms with Gasteiger partial charge in [-0.05, 0) is 52.0 Å². The maximum atomic E-state index is 3.67. The fourth-order valence-electron chi connectivity index (χ4n) is 2.32. The van der Waals surface area contributed by atoms with Crippen molar-refractivity contribution >= 4 is 0 Å². The zero-order valence-corrected chi connectivity index (χ0v) is 8.55. The van der Waals surface area contributed by atoms with Gasteiger partial charge < -0.3 is 15.5 Å². The zero-order valence-electron chi connectivity index (χ0n) is 8.55. The Labute approximate surface area is 80.9 Å². The van der Waals surface area contributed by atoms with Crippen molar-refractivity contribution in [1.29, 1.82) is 0 Å². The monoisotopic (exact) mass is 183 g/mol. The van der Waals surface area contributed by atoms with Gasteiger partial charge in [-0.15, -0.1) is 0 Å². The highest BCUT2D eigenvalue weighted by atomic mass is 15.2. The lowest BCUT2D eigenvalue weighted by Gasteiger charge is -2.15. The quantitative estimate of drug-likeness (QED) is 0.639. The number of likely N-dealkylation sites (tertiary alicyclic amines) is 1. The molecular formula is C10H21N3. The molecule has 2 atom stereocenters. The van der Waals surface area contributed by atoms with Crippen LogP contribution in [0.15, 0.2) is 0 Å². The summed E-state index contributed by atoms with van der Waals surface area (Å²) < 4.78 is 0. The van der Waals surface area contributed by atoms with E-state index in [9.17, 15) is 0 Å². The van der Waals surface area contributed by atoms with Crippen molar-refractivity contribution in [1.82, 2.24) is 15.5 Å². The molecule has 2 saturated heterocycles. The van der Waals surface area contributed by atoms with Crippen LogP contribution in [0.3, 0.4) is 0 Å². The van der Waals surface area contributed by atoms with Gasteiger partial charge in [-0.3, -0.25) is 0 Å². The summed E-state index contributed by atoms with van der Waals surface area (Å²) in [5.41, 5.74) is 0. The summed E-state index contributed by atoms with van der Waals surface area (Å²) in [6.07, 6.45) is 2.69. The Morgan fingerprint density at radius 1 is 1.46 bits per heavy atom. The summed E-state index contributed by atoms with van der Waals surface area (Å²) in [7, 11) is 2.21. The number of rotatable bonds is 3. The van der Waals surface area contributed by atoms with E-state index in [2.05, 4.69) is 22.6 Å². The predicted octanol–water partition coefficient (Wildman–Crippen LogP) is -0.110. The molecule has 0 radical (unpaired) electrons. The molecule has 0 aromatic heterocycles. The number of likely N-dealkylation sites (N-methyl/N-ethyl adjacent to an activating group) is 1. The van der Waals surface area contributed by atoms with E-state index in [0.717, 1.165) is 12.0 Å². The van der Waals surface area contributed by atoms with Gasteiger partial charge in [-0.25, -0.2) is 0 Å². The molecule has 2 unspecified atom stereocenters. The van der Waals surface area contributed by atoms with Crippen molar-refractivity contribution < 1.29 is 0 Å². The predicted molar refractivity (Wildman–Crippen MR) is 54.9 cm³/mol. The minimum absolute atomic E-state index is 0.755. The first-order chi connectivity index (χ1) is 6.34. The maximum Gasteiger partial charge on any atom is 0.0207 e. The first-order valence-corrected chi connectivity index (χ1v) is 5.47. The van der Waals surface area contributed by atoms with Crippen LogP contribution in [0.4, 0.5) is 0 Å². The topological polar surface area (TPSA) is 27.3 Å². The van der Waals surface area contributed by atoms with E-state index < -0.39 is 0 Å². The van der Waals surface area contributed by atoms with E-state index in [-0.39, 0.29) is 0 Å². The number of nitrogens with zero attached hydrogens (tertiary/aromatic N) is 1.